The molecule has 1 unspecified atom stereocenters. The topological polar surface area (TPSA) is 125 Å². The Bertz CT molecular complexity index is 1630. The minimum absolute atomic E-state index is 0.0760. The first-order valence-corrected chi connectivity index (χ1v) is 24.7. The van der Waals surface area contributed by atoms with Gasteiger partial charge in [-0.25, -0.2) is 15.0 Å². The van der Waals surface area contributed by atoms with Crippen LogP contribution in [0.1, 0.15) is 65.9 Å². The number of nitrogens with zero attached hydrogens (tertiary/aromatic N) is 4. The fourth-order valence-electron chi connectivity index (χ4n) is 5.10. The Balaban J connectivity index is 1.51. The van der Waals surface area contributed by atoms with Crippen LogP contribution in [0, 0.1) is 0 Å². The highest BCUT2D eigenvalue weighted by Crippen LogP contribution is 2.58. The van der Waals surface area contributed by atoms with Crippen LogP contribution in [0.4, 0.5) is 5.82 Å². The van der Waals surface area contributed by atoms with Gasteiger partial charge in [-0.2, -0.15) is 0 Å². The lowest BCUT2D eigenvalue weighted by Crippen LogP contribution is -2.54. The van der Waals surface area contributed by atoms with Crippen molar-refractivity contribution in [1.82, 2.24) is 19.5 Å². The maximum atomic E-state index is 7.22. The zero-order chi connectivity index (χ0) is 34.6. The van der Waals surface area contributed by atoms with Gasteiger partial charge < -0.3 is 32.9 Å². The van der Waals surface area contributed by atoms with Gasteiger partial charge in [0, 0.05) is 11.4 Å². The summed E-state index contributed by atoms with van der Waals surface area (Å²) in [5.41, 5.74) is 8.16. The van der Waals surface area contributed by atoms with Crippen molar-refractivity contribution >= 4 is 63.7 Å². The molecule has 0 saturated carbocycles. The van der Waals surface area contributed by atoms with E-state index >= 15 is 0 Å². The molecule has 260 valence electrons. The molecule has 5 rings (SSSR count). The molecule has 4 heterocycles. The molecule has 0 aliphatic carbocycles. The van der Waals surface area contributed by atoms with E-state index in [-0.39, 0.29) is 22.8 Å². The molecule has 2 aliphatic rings. The summed E-state index contributed by atoms with van der Waals surface area (Å²) in [6.07, 6.45) is 1.24. The van der Waals surface area contributed by atoms with E-state index in [0.29, 0.717) is 35.0 Å². The lowest BCUT2D eigenvalue weighted by atomic mass is 10.1. The minimum Gasteiger partial charge on any atom is -0.408 e. The number of hydrogen-bond donors (Lipinski definition) is 1. The van der Waals surface area contributed by atoms with Crippen LogP contribution >= 0.6 is 18.3 Å². The third kappa shape index (κ3) is 7.88. The predicted molar refractivity (Wildman–Crippen MR) is 194 cm³/mol. The van der Waals surface area contributed by atoms with E-state index in [4.69, 9.17) is 56.3 Å². The first-order valence-electron chi connectivity index (χ1n) is 16.0. The summed E-state index contributed by atoms with van der Waals surface area (Å²) in [5.74, 6) is 0.293. The van der Waals surface area contributed by atoms with Crippen molar-refractivity contribution in [2.75, 3.05) is 18.9 Å². The smallest absolute Gasteiger partial charge is 0.327 e. The Hall–Kier alpha value is -1.30. The van der Waals surface area contributed by atoms with Gasteiger partial charge in [0.15, 0.2) is 34.3 Å². The molecule has 0 radical (unpaired) electrons. The van der Waals surface area contributed by atoms with Crippen molar-refractivity contribution in [1.29, 1.82) is 0 Å². The molecule has 0 bridgehead atoms. The number of halogens is 1. The molecule has 1 aromatic carbocycles. The number of rotatable bonds is 9. The quantitative estimate of drug-likeness (QED) is 0.169. The van der Waals surface area contributed by atoms with Gasteiger partial charge in [0.1, 0.15) is 30.2 Å². The Kier molecular flexibility index (Phi) is 10.6. The zero-order valence-corrected chi connectivity index (χ0v) is 33.5. The summed E-state index contributed by atoms with van der Waals surface area (Å²) in [7, 11) is -4.73. The van der Waals surface area contributed by atoms with E-state index in [2.05, 4.69) is 82.7 Å². The van der Waals surface area contributed by atoms with Crippen LogP contribution < -0.4 is 5.73 Å². The van der Waals surface area contributed by atoms with E-state index in [9.17, 15) is 0 Å². The molecule has 47 heavy (non-hydrogen) atoms. The second kappa shape index (κ2) is 13.4. The van der Waals surface area contributed by atoms with Gasteiger partial charge in [0.05, 0.1) is 25.6 Å². The number of ether oxygens (including phenoxy) is 1. The first kappa shape index (κ1) is 37.0. The Morgan fingerprint density at radius 1 is 1.02 bits per heavy atom. The first-order chi connectivity index (χ1) is 21.7. The third-order valence-electron chi connectivity index (χ3n) is 9.92. The normalized spacial score (nSPS) is 27.9. The van der Waals surface area contributed by atoms with Crippen molar-refractivity contribution in [2.24, 2.45) is 0 Å². The van der Waals surface area contributed by atoms with Gasteiger partial charge >= 0.3 is 6.72 Å². The number of aromatic nitrogens is 4. The molecular formula is C31H49ClN5O6PSSi2. The molecule has 3 aromatic rings. The SMILES string of the molecule is CC(C)(C)[Si](C)(C)O[C@@H]1[C@H](O[Si](C)(C)C(C)(C)C)[C@@H](COP2(=S)OCC[C@H](c3cccc(Cl)c3)O2)O[C@H]1n1cnc2c(N)ncnc21. The number of nitrogens with two attached hydrogens (primary N) is 1. The van der Waals surface area contributed by atoms with E-state index in [1.54, 1.807) is 6.33 Å². The number of nitrogen functional groups attached to an aromatic ring is 1. The van der Waals surface area contributed by atoms with Gasteiger partial charge in [-0.05, 0) is 65.8 Å². The van der Waals surface area contributed by atoms with Crippen LogP contribution in [0.15, 0.2) is 36.9 Å². The molecule has 2 fully saturated rings. The van der Waals surface area contributed by atoms with Crippen LogP contribution in [-0.2, 0) is 39.0 Å². The predicted octanol–water partition coefficient (Wildman–Crippen LogP) is 8.16. The zero-order valence-electron chi connectivity index (χ0n) is 29.0. The van der Waals surface area contributed by atoms with Crippen molar-refractivity contribution < 1.29 is 27.2 Å². The minimum atomic E-state index is -3.15. The summed E-state index contributed by atoms with van der Waals surface area (Å²) >= 11 is 12.2. The summed E-state index contributed by atoms with van der Waals surface area (Å²) in [4.78, 5) is 13.2. The monoisotopic (exact) mass is 741 g/mol. The number of anilines is 1. The third-order valence-corrected chi connectivity index (χ3v) is 21.5. The number of benzene rings is 1. The molecule has 2 saturated heterocycles. The highest BCUT2D eigenvalue weighted by Gasteiger charge is 2.55. The van der Waals surface area contributed by atoms with Crippen molar-refractivity contribution in [2.45, 2.75) is 115 Å². The van der Waals surface area contributed by atoms with E-state index in [1.165, 1.54) is 6.33 Å². The highest BCUT2D eigenvalue weighted by atomic mass is 35.5. The van der Waals surface area contributed by atoms with Crippen LogP contribution in [0.3, 0.4) is 0 Å². The van der Waals surface area contributed by atoms with E-state index in [0.717, 1.165) is 5.56 Å². The fraction of sp³-hybridized carbons (Fsp3) is 0.645. The number of imidazole rings is 1. The van der Waals surface area contributed by atoms with Crippen molar-refractivity contribution in [3.05, 3.63) is 47.5 Å². The van der Waals surface area contributed by atoms with Crippen LogP contribution in [0.25, 0.3) is 11.2 Å². The Morgan fingerprint density at radius 2 is 1.68 bits per heavy atom. The molecule has 0 amide bonds. The number of fused-ring (bicyclic) bond motifs is 1. The van der Waals surface area contributed by atoms with Crippen molar-refractivity contribution in [3.63, 3.8) is 0 Å². The lowest BCUT2D eigenvalue weighted by Gasteiger charge is -2.44. The maximum Gasteiger partial charge on any atom is 0.327 e. The van der Waals surface area contributed by atoms with E-state index in [1.807, 2.05) is 28.8 Å². The second-order valence-corrected chi connectivity index (χ2v) is 28.3. The molecule has 2 aliphatic heterocycles. The van der Waals surface area contributed by atoms with Crippen LogP contribution in [0.5, 0.6) is 0 Å². The summed E-state index contributed by atoms with van der Waals surface area (Å²) in [6, 6.07) is 7.60. The van der Waals surface area contributed by atoms with Gasteiger partial charge in [-0.3, -0.25) is 4.57 Å². The standard InChI is InChI=1S/C31H49ClN5O6PSSi2/c1-30(2,3)46(7,8)42-25-23(17-39-44(45)38-15-14-22(41-44)20-12-11-13-21(32)16-20)40-29(26(25)43-47(9,10)31(4,5)6)37-19-36-24-27(33)34-18-35-28(24)37/h11-13,16,18-19,22-23,25-26,29H,14-15,17H2,1-10H3,(H2,33,34,35)/t22-,23-,25-,26-,29-,44?/m1/s1. The summed E-state index contributed by atoms with van der Waals surface area (Å²) in [5, 5.41) is 0.481. The molecule has 2 aromatic heterocycles. The Morgan fingerprint density at radius 3 is 2.32 bits per heavy atom. The molecule has 16 heteroatoms. The molecule has 0 spiro atoms. The van der Waals surface area contributed by atoms with Crippen LogP contribution in [-0.4, -0.2) is 67.7 Å². The van der Waals surface area contributed by atoms with Crippen LogP contribution in [0.2, 0.25) is 41.3 Å². The number of hydrogen-bond acceptors (Lipinski definition) is 11. The molecule has 6 atom stereocenters. The average Bonchev–Trinajstić information content (AvgIpc) is 3.52. The van der Waals surface area contributed by atoms with E-state index < -0.39 is 47.9 Å². The molecule has 11 nitrogen and oxygen atoms in total. The van der Waals surface area contributed by atoms with Gasteiger partial charge in [-0.1, -0.05) is 65.3 Å². The molecular weight excluding hydrogens is 693 g/mol. The second-order valence-electron chi connectivity index (χ2n) is 15.3. The van der Waals surface area contributed by atoms with Gasteiger partial charge in [-0.15, -0.1) is 0 Å². The highest BCUT2D eigenvalue weighted by molar-refractivity contribution is 8.07. The maximum absolute atomic E-state index is 7.22. The average molecular weight is 742 g/mol. The molecule has 2 N–H and O–H groups in total. The summed E-state index contributed by atoms with van der Waals surface area (Å²) in [6.45, 7) is 19.6. The van der Waals surface area contributed by atoms with Crippen molar-refractivity contribution in [3.8, 4) is 0 Å². The Labute approximate surface area is 290 Å². The van der Waals surface area contributed by atoms with Gasteiger partial charge in [0.25, 0.3) is 0 Å². The van der Waals surface area contributed by atoms with Gasteiger partial charge in [0.2, 0.25) is 0 Å². The fourth-order valence-corrected chi connectivity index (χ4v) is 10.0. The lowest BCUT2D eigenvalue weighted by molar-refractivity contribution is -0.0515. The summed E-state index contributed by atoms with van der Waals surface area (Å²) < 4.78 is 42.0. The largest absolute Gasteiger partial charge is 0.408 e.